The van der Waals surface area contributed by atoms with E-state index in [2.05, 4.69) is 4.98 Å². The molecule has 0 N–H and O–H groups in total. The molecule has 2 aromatic rings. The quantitative estimate of drug-likeness (QED) is 0.582. The van der Waals surface area contributed by atoms with Crippen molar-refractivity contribution in [1.82, 2.24) is 9.55 Å². The first-order valence-electron chi connectivity index (χ1n) is 8.13. The fourth-order valence-corrected chi connectivity index (χ4v) is 2.79. The van der Waals surface area contributed by atoms with E-state index < -0.39 is 0 Å². The van der Waals surface area contributed by atoms with Gasteiger partial charge in [-0.1, -0.05) is 12.1 Å². The van der Waals surface area contributed by atoms with Gasteiger partial charge in [-0.25, -0.2) is 4.98 Å². The summed E-state index contributed by atoms with van der Waals surface area (Å²) in [6.07, 6.45) is 8.03. The number of benzene rings is 1. The molecule has 5 nitrogen and oxygen atoms in total. The predicted octanol–water partition coefficient (Wildman–Crippen LogP) is 2.96. The van der Waals surface area contributed by atoms with Crippen molar-refractivity contribution >= 4 is 5.78 Å². The van der Waals surface area contributed by atoms with Gasteiger partial charge in [-0.15, -0.1) is 0 Å². The average molecular weight is 314 g/mol. The van der Waals surface area contributed by atoms with Crippen molar-refractivity contribution in [2.45, 2.75) is 25.8 Å². The van der Waals surface area contributed by atoms with Crippen LogP contribution in [0.3, 0.4) is 0 Å². The van der Waals surface area contributed by atoms with Crippen LogP contribution in [-0.4, -0.2) is 35.2 Å². The molecule has 1 saturated heterocycles. The maximum absolute atomic E-state index is 12.5. The molecule has 1 aliphatic rings. The Bertz CT molecular complexity index is 619. The van der Waals surface area contributed by atoms with Crippen LogP contribution in [0.2, 0.25) is 0 Å². The summed E-state index contributed by atoms with van der Waals surface area (Å²) in [5, 5.41) is 0. The van der Waals surface area contributed by atoms with E-state index in [4.69, 9.17) is 9.47 Å². The Hall–Kier alpha value is -2.14. The molecule has 0 bridgehead atoms. The maximum atomic E-state index is 12.5. The maximum Gasteiger partial charge on any atom is 0.166 e. The Morgan fingerprint density at radius 1 is 1.35 bits per heavy atom. The molecule has 3 rings (SSSR count). The fraction of sp³-hybridized carbons (Fsp3) is 0.444. The third kappa shape index (κ3) is 4.42. The molecule has 1 aromatic heterocycles. The van der Waals surface area contributed by atoms with Gasteiger partial charge >= 0.3 is 0 Å². The Labute approximate surface area is 136 Å². The SMILES string of the molecule is O=C(c1cccc(OCCCn2ccnc2)c1)C1CCOCC1. The number of carbonyl (C=O) groups excluding carboxylic acids is 1. The minimum absolute atomic E-state index is 0.0836. The van der Waals surface area contributed by atoms with Gasteiger partial charge in [0.2, 0.25) is 0 Å². The summed E-state index contributed by atoms with van der Waals surface area (Å²) in [7, 11) is 0. The second-order valence-corrected chi connectivity index (χ2v) is 5.78. The molecule has 0 aliphatic carbocycles. The van der Waals surface area contributed by atoms with Crippen molar-refractivity contribution in [1.29, 1.82) is 0 Å². The van der Waals surface area contributed by atoms with Crippen LogP contribution in [0.4, 0.5) is 0 Å². The van der Waals surface area contributed by atoms with E-state index in [-0.39, 0.29) is 11.7 Å². The van der Waals surface area contributed by atoms with Crippen LogP contribution in [0.15, 0.2) is 43.0 Å². The van der Waals surface area contributed by atoms with Crippen LogP contribution in [-0.2, 0) is 11.3 Å². The number of ether oxygens (including phenoxy) is 2. The van der Waals surface area contributed by atoms with E-state index in [0.29, 0.717) is 19.8 Å². The van der Waals surface area contributed by atoms with Crippen LogP contribution < -0.4 is 4.74 Å². The van der Waals surface area contributed by atoms with Crippen LogP contribution >= 0.6 is 0 Å². The molecule has 1 aromatic carbocycles. The Kier molecular flexibility index (Phi) is 5.42. The van der Waals surface area contributed by atoms with E-state index in [1.807, 2.05) is 35.0 Å². The van der Waals surface area contributed by atoms with Crippen molar-refractivity contribution in [3.05, 3.63) is 48.5 Å². The van der Waals surface area contributed by atoms with E-state index in [0.717, 1.165) is 37.1 Å². The average Bonchev–Trinajstić information content (AvgIpc) is 3.13. The van der Waals surface area contributed by atoms with Gasteiger partial charge in [0.25, 0.3) is 0 Å². The van der Waals surface area contributed by atoms with Crippen molar-refractivity contribution in [3.63, 3.8) is 0 Å². The van der Waals surface area contributed by atoms with E-state index >= 15 is 0 Å². The zero-order valence-electron chi connectivity index (χ0n) is 13.2. The predicted molar refractivity (Wildman–Crippen MR) is 86.7 cm³/mol. The highest BCUT2D eigenvalue weighted by atomic mass is 16.5. The minimum Gasteiger partial charge on any atom is -0.494 e. The third-order valence-electron chi connectivity index (χ3n) is 4.10. The number of hydrogen-bond donors (Lipinski definition) is 0. The lowest BCUT2D eigenvalue weighted by Crippen LogP contribution is -2.23. The van der Waals surface area contributed by atoms with E-state index in [1.54, 1.807) is 12.5 Å². The number of Topliss-reactive ketones (excluding diaryl/α,β-unsaturated/α-hetero) is 1. The summed E-state index contributed by atoms with van der Waals surface area (Å²) in [5.74, 6) is 1.05. The van der Waals surface area contributed by atoms with Crippen LogP contribution in [0.5, 0.6) is 5.75 Å². The van der Waals surface area contributed by atoms with Crippen molar-refractivity contribution < 1.29 is 14.3 Å². The van der Waals surface area contributed by atoms with Crippen molar-refractivity contribution in [2.75, 3.05) is 19.8 Å². The summed E-state index contributed by atoms with van der Waals surface area (Å²) in [6, 6.07) is 7.51. The summed E-state index contributed by atoms with van der Waals surface area (Å²) in [5.41, 5.74) is 0.740. The molecule has 0 spiro atoms. The summed E-state index contributed by atoms with van der Waals surface area (Å²) in [6.45, 7) is 2.86. The largest absolute Gasteiger partial charge is 0.494 e. The van der Waals surface area contributed by atoms with E-state index in [1.165, 1.54) is 0 Å². The fourth-order valence-electron chi connectivity index (χ4n) is 2.79. The molecule has 0 unspecified atom stereocenters. The van der Waals surface area contributed by atoms with Crippen LogP contribution in [0.25, 0.3) is 0 Å². The number of aryl methyl sites for hydroxylation is 1. The van der Waals surface area contributed by atoms with Crippen molar-refractivity contribution in [3.8, 4) is 5.75 Å². The Morgan fingerprint density at radius 3 is 3.00 bits per heavy atom. The first kappa shape index (κ1) is 15.7. The molecular formula is C18H22N2O3. The number of carbonyl (C=O) groups is 1. The van der Waals surface area contributed by atoms with Gasteiger partial charge in [-0.2, -0.15) is 0 Å². The standard InChI is InChI=1S/C18H22N2O3/c21-18(15-5-11-22-12-6-15)16-3-1-4-17(13-16)23-10-2-8-20-9-7-19-14-20/h1,3-4,7,9,13-15H,2,5-6,8,10-12H2. The summed E-state index contributed by atoms with van der Waals surface area (Å²) < 4.78 is 13.1. The first-order chi connectivity index (χ1) is 11.3. The number of nitrogens with zero attached hydrogens (tertiary/aromatic N) is 2. The molecule has 0 amide bonds. The van der Waals surface area contributed by atoms with Crippen LogP contribution in [0, 0.1) is 5.92 Å². The Morgan fingerprint density at radius 2 is 2.22 bits per heavy atom. The third-order valence-corrected chi connectivity index (χ3v) is 4.10. The van der Waals surface area contributed by atoms with Gasteiger partial charge in [-0.3, -0.25) is 4.79 Å². The van der Waals surface area contributed by atoms with Crippen molar-refractivity contribution in [2.24, 2.45) is 5.92 Å². The van der Waals surface area contributed by atoms with Gasteiger partial charge in [-0.05, 0) is 31.4 Å². The molecule has 1 aliphatic heterocycles. The van der Waals surface area contributed by atoms with Gasteiger partial charge < -0.3 is 14.0 Å². The molecular weight excluding hydrogens is 292 g/mol. The molecule has 0 radical (unpaired) electrons. The molecule has 0 atom stereocenters. The number of rotatable bonds is 7. The molecule has 23 heavy (non-hydrogen) atoms. The highest BCUT2D eigenvalue weighted by Crippen LogP contribution is 2.22. The second kappa shape index (κ2) is 7.92. The lowest BCUT2D eigenvalue weighted by atomic mass is 9.91. The smallest absolute Gasteiger partial charge is 0.166 e. The number of aromatic nitrogens is 2. The van der Waals surface area contributed by atoms with Crippen LogP contribution in [0.1, 0.15) is 29.6 Å². The molecule has 2 heterocycles. The Balaban J connectivity index is 1.51. The van der Waals surface area contributed by atoms with Gasteiger partial charge in [0.15, 0.2) is 5.78 Å². The normalized spacial score (nSPS) is 15.5. The van der Waals surface area contributed by atoms with Gasteiger partial charge in [0.05, 0.1) is 12.9 Å². The highest BCUT2D eigenvalue weighted by Gasteiger charge is 2.22. The number of ketones is 1. The summed E-state index contributed by atoms with van der Waals surface area (Å²) >= 11 is 0. The van der Waals surface area contributed by atoms with E-state index in [9.17, 15) is 4.79 Å². The van der Waals surface area contributed by atoms with Gasteiger partial charge in [0, 0.05) is 43.6 Å². The number of hydrogen-bond acceptors (Lipinski definition) is 4. The van der Waals surface area contributed by atoms with Gasteiger partial charge in [0.1, 0.15) is 5.75 Å². The molecule has 122 valence electrons. The summed E-state index contributed by atoms with van der Waals surface area (Å²) in [4.78, 5) is 16.5. The lowest BCUT2D eigenvalue weighted by molar-refractivity contribution is 0.0544. The lowest BCUT2D eigenvalue weighted by Gasteiger charge is -2.21. The molecule has 0 saturated carbocycles. The second-order valence-electron chi connectivity index (χ2n) is 5.78. The monoisotopic (exact) mass is 314 g/mol. The zero-order valence-corrected chi connectivity index (χ0v) is 13.2. The molecule has 5 heteroatoms. The number of imidazole rings is 1. The topological polar surface area (TPSA) is 53.4 Å². The highest BCUT2D eigenvalue weighted by molar-refractivity contribution is 5.98. The molecule has 1 fully saturated rings. The minimum atomic E-state index is 0.0836. The first-order valence-corrected chi connectivity index (χ1v) is 8.13. The zero-order chi connectivity index (χ0) is 15.9.